The van der Waals surface area contributed by atoms with Crippen LogP contribution in [0.3, 0.4) is 0 Å². The highest BCUT2D eigenvalue weighted by molar-refractivity contribution is 5.71. The van der Waals surface area contributed by atoms with E-state index in [-0.39, 0.29) is 0 Å². The van der Waals surface area contributed by atoms with Crippen molar-refractivity contribution in [2.24, 2.45) is 0 Å². The largest absolute Gasteiger partial charge is 0.497 e. The molecule has 0 aliphatic rings. The van der Waals surface area contributed by atoms with Crippen LogP contribution in [0.5, 0.6) is 5.75 Å². The Labute approximate surface area is 107 Å². The highest BCUT2D eigenvalue weighted by atomic mass is 16.5. The Bertz CT molecular complexity index is 548. The Balaban J connectivity index is 2.33. The molecule has 5 nitrogen and oxygen atoms in total. The second kappa shape index (κ2) is 5.00. The molecule has 0 saturated heterocycles. The molecule has 0 spiro atoms. The van der Waals surface area contributed by atoms with Crippen LogP contribution in [0.15, 0.2) is 24.3 Å². The van der Waals surface area contributed by atoms with E-state index in [0.717, 1.165) is 29.5 Å². The van der Waals surface area contributed by atoms with Gasteiger partial charge < -0.3 is 15.8 Å². The van der Waals surface area contributed by atoms with Crippen LogP contribution in [0.2, 0.25) is 0 Å². The summed E-state index contributed by atoms with van der Waals surface area (Å²) in [7, 11) is 1.65. The highest BCUT2D eigenvalue weighted by Gasteiger charge is 2.11. The van der Waals surface area contributed by atoms with Gasteiger partial charge >= 0.3 is 0 Å². The molecule has 0 radical (unpaired) electrons. The molecule has 0 bridgehead atoms. The lowest BCUT2D eigenvalue weighted by Gasteiger charge is -2.10. The molecule has 0 atom stereocenters. The number of rotatable bonds is 4. The van der Waals surface area contributed by atoms with E-state index >= 15 is 0 Å². The standard InChI is InChI=1S/C13H18N4O/c1-4-17-13(12(14)9(2)16-17)15-10-6-5-7-11(8-10)18-3/h5-8,15H,4,14H2,1-3H3. The van der Waals surface area contributed by atoms with Crippen molar-refractivity contribution in [2.75, 3.05) is 18.2 Å². The van der Waals surface area contributed by atoms with Crippen molar-refractivity contribution >= 4 is 17.2 Å². The predicted molar refractivity (Wildman–Crippen MR) is 73.3 cm³/mol. The monoisotopic (exact) mass is 246 g/mol. The minimum atomic E-state index is 0.680. The van der Waals surface area contributed by atoms with Gasteiger partial charge in [0.05, 0.1) is 18.5 Å². The second-order valence-corrected chi connectivity index (χ2v) is 4.02. The van der Waals surface area contributed by atoms with Gasteiger partial charge in [0.2, 0.25) is 0 Å². The van der Waals surface area contributed by atoms with Gasteiger partial charge in [0.25, 0.3) is 0 Å². The Hall–Kier alpha value is -2.17. The predicted octanol–water partition coefficient (Wildman–Crippen LogP) is 2.55. The SMILES string of the molecule is CCn1nc(C)c(N)c1Nc1cccc(OC)c1. The van der Waals surface area contributed by atoms with Crippen molar-refractivity contribution in [3.63, 3.8) is 0 Å². The smallest absolute Gasteiger partial charge is 0.152 e. The fraction of sp³-hybridized carbons (Fsp3) is 0.308. The molecular formula is C13H18N4O. The summed E-state index contributed by atoms with van der Waals surface area (Å²) in [6.45, 7) is 4.70. The first-order valence-electron chi connectivity index (χ1n) is 5.89. The number of aromatic nitrogens is 2. The van der Waals surface area contributed by atoms with E-state index in [1.165, 1.54) is 0 Å². The van der Waals surface area contributed by atoms with Crippen molar-refractivity contribution in [2.45, 2.75) is 20.4 Å². The first kappa shape index (κ1) is 12.3. The second-order valence-electron chi connectivity index (χ2n) is 4.02. The molecule has 18 heavy (non-hydrogen) atoms. The Morgan fingerprint density at radius 2 is 2.22 bits per heavy atom. The van der Waals surface area contributed by atoms with E-state index in [2.05, 4.69) is 10.4 Å². The number of nitrogens with one attached hydrogen (secondary N) is 1. The summed E-state index contributed by atoms with van der Waals surface area (Å²) >= 11 is 0. The maximum Gasteiger partial charge on any atom is 0.152 e. The van der Waals surface area contributed by atoms with Crippen LogP contribution >= 0.6 is 0 Å². The highest BCUT2D eigenvalue weighted by Crippen LogP contribution is 2.27. The summed E-state index contributed by atoms with van der Waals surface area (Å²) in [6.07, 6.45) is 0. The molecule has 0 amide bonds. The zero-order valence-electron chi connectivity index (χ0n) is 10.9. The Kier molecular flexibility index (Phi) is 3.41. The van der Waals surface area contributed by atoms with Gasteiger partial charge in [0.15, 0.2) is 5.82 Å². The molecular weight excluding hydrogens is 228 g/mol. The molecule has 0 aliphatic carbocycles. The number of hydrogen-bond acceptors (Lipinski definition) is 4. The molecule has 2 aromatic rings. The first-order valence-corrected chi connectivity index (χ1v) is 5.89. The third-order valence-corrected chi connectivity index (χ3v) is 2.81. The number of aryl methyl sites for hydroxylation is 2. The van der Waals surface area contributed by atoms with Gasteiger partial charge in [-0.2, -0.15) is 5.10 Å². The van der Waals surface area contributed by atoms with Gasteiger partial charge in [-0.05, 0) is 26.0 Å². The zero-order valence-corrected chi connectivity index (χ0v) is 10.9. The zero-order chi connectivity index (χ0) is 13.1. The minimum absolute atomic E-state index is 0.680. The fourth-order valence-corrected chi connectivity index (χ4v) is 1.79. The minimum Gasteiger partial charge on any atom is -0.497 e. The molecule has 1 aromatic heterocycles. The first-order chi connectivity index (χ1) is 8.65. The van der Waals surface area contributed by atoms with Gasteiger partial charge in [-0.1, -0.05) is 6.07 Å². The van der Waals surface area contributed by atoms with E-state index < -0.39 is 0 Å². The van der Waals surface area contributed by atoms with Gasteiger partial charge in [-0.25, -0.2) is 4.68 Å². The van der Waals surface area contributed by atoms with Crippen LogP contribution < -0.4 is 15.8 Å². The van der Waals surface area contributed by atoms with Crippen molar-refractivity contribution in [1.29, 1.82) is 0 Å². The molecule has 3 N–H and O–H groups in total. The summed E-state index contributed by atoms with van der Waals surface area (Å²) in [4.78, 5) is 0. The molecule has 0 fully saturated rings. The maximum absolute atomic E-state index is 6.02. The van der Waals surface area contributed by atoms with Crippen LogP contribution in [0.1, 0.15) is 12.6 Å². The van der Waals surface area contributed by atoms with E-state index in [4.69, 9.17) is 10.5 Å². The molecule has 0 aliphatic heterocycles. The average Bonchev–Trinajstić information content (AvgIpc) is 2.67. The van der Waals surface area contributed by atoms with E-state index in [0.29, 0.717) is 5.69 Å². The molecule has 1 heterocycles. The summed E-state index contributed by atoms with van der Waals surface area (Å²) < 4.78 is 7.04. The van der Waals surface area contributed by atoms with Gasteiger partial charge in [0.1, 0.15) is 5.75 Å². The van der Waals surface area contributed by atoms with Crippen LogP contribution in [-0.2, 0) is 6.54 Å². The third kappa shape index (κ3) is 2.25. The topological polar surface area (TPSA) is 65.1 Å². The van der Waals surface area contributed by atoms with Crippen LogP contribution in [-0.4, -0.2) is 16.9 Å². The Morgan fingerprint density at radius 3 is 2.89 bits per heavy atom. The average molecular weight is 246 g/mol. The van der Waals surface area contributed by atoms with Gasteiger partial charge in [-0.15, -0.1) is 0 Å². The molecule has 0 saturated carbocycles. The molecule has 96 valence electrons. The lowest BCUT2D eigenvalue weighted by molar-refractivity contribution is 0.415. The summed E-state index contributed by atoms with van der Waals surface area (Å²) in [5.74, 6) is 1.63. The number of benzene rings is 1. The van der Waals surface area contributed by atoms with Crippen molar-refractivity contribution in [3.05, 3.63) is 30.0 Å². The number of hydrogen-bond donors (Lipinski definition) is 2. The van der Waals surface area contributed by atoms with Crippen LogP contribution in [0.4, 0.5) is 17.2 Å². The maximum atomic E-state index is 6.02. The lowest BCUT2D eigenvalue weighted by atomic mass is 10.3. The fourth-order valence-electron chi connectivity index (χ4n) is 1.79. The number of nitrogen functional groups attached to an aromatic ring is 1. The summed E-state index contributed by atoms with van der Waals surface area (Å²) in [5, 5.41) is 7.65. The van der Waals surface area contributed by atoms with Gasteiger partial charge in [0, 0.05) is 18.3 Å². The van der Waals surface area contributed by atoms with E-state index in [1.807, 2.05) is 42.8 Å². The number of nitrogens with zero attached hydrogens (tertiary/aromatic N) is 2. The number of methoxy groups -OCH3 is 1. The lowest BCUT2D eigenvalue weighted by Crippen LogP contribution is -2.04. The van der Waals surface area contributed by atoms with Crippen molar-refractivity contribution in [3.8, 4) is 5.75 Å². The molecule has 2 rings (SSSR count). The quantitative estimate of drug-likeness (QED) is 0.870. The van der Waals surface area contributed by atoms with Crippen LogP contribution in [0.25, 0.3) is 0 Å². The molecule has 0 unspecified atom stereocenters. The Morgan fingerprint density at radius 1 is 1.44 bits per heavy atom. The van der Waals surface area contributed by atoms with Crippen molar-refractivity contribution < 1.29 is 4.74 Å². The van der Waals surface area contributed by atoms with Crippen LogP contribution in [0, 0.1) is 6.92 Å². The number of ether oxygens (including phenoxy) is 1. The summed E-state index contributed by atoms with van der Waals surface area (Å²) in [6, 6.07) is 7.71. The number of anilines is 3. The molecule has 5 heteroatoms. The molecule has 1 aromatic carbocycles. The normalized spacial score (nSPS) is 10.4. The van der Waals surface area contributed by atoms with Gasteiger partial charge in [-0.3, -0.25) is 0 Å². The van der Waals surface area contributed by atoms with E-state index in [1.54, 1.807) is 7.11 Å². The van der Waals surface area contributed by atoms with E-state index in [9.17, 15) is 0 Å². The van der Waals surface area contributed by atoms with Crippen molar-refractivity contribution in [1.82, 2.24) is 9.78 Å². The summed E-state index contributed by atoms with van der Waals surface area (Å²) in [5.41, 5.74) is 8.46. The third-order valence-electron chi connectivity index (χ3n) is 2.81. The number of nitrogens with two attached hydrogens (primary N) is 1.